The van der Waals surface area contributed by atoms with E-state index in [1.165, 1.54) is 12.3 Å². The van der Waals surface area contributed by atoms with Gasteiger partial charge in [-0.15, -0.1) is 0 Å². The molecule has 0 aliphatic heterocycles. The lowest BCUT2D eigenvalue weighted by atomic mass is 10.1. The van der Waals surface area contributed by atoms with Gasteiger partial charge in [-0.05, 0) is 26.0 Å². The van der Waals surface area contributed by atoms with E-state index >= 15 is 0 Å². The minimum absolute atomic E-state index is 0.0819. The van der Waals surface area contributed by atoms with Gasteiger partial charge >= 0.3 is 0 Å². The SMILES string of the molecule is CC(C)n1ccc(-c2cncc(C(F)F)c2)n1. The third kappa shape index (κ3) is 2.49. The second-order valence-electron chi connectivity index (χ2n) is 4.08. The topological polar surface area (TPSA) is 30.7 Å². The van der Waals surface area contributed by atoms with Crippen LogP contribution in [0.1, 0.15) is 31.9 Å². The number of hydrogen-bond donors (Lipinski definition) is 0. The summed E-state index contributed by atoms with van der Waals surface area (Å²) in [6.45, 7) is 4.01. The number of alkyl halides is 2. The highest BCUT2D eigenvalue weighted by atomic mass is 19.3. The van der Waals surface area contributed by atoms with E-state index in [1.807, 2.05) is 20.0 Å². The Morgan fingerprint density at radius 3 is 2.59 bits per heavy atom. The van der Waals surface area contributed by atoms with Crippen LogP contribution in [0.3, 0.4) is 0 Å². The Hall–Kier alpha value is -1.78. The van der Waals surface area contributed by atoms with E-state index in [1.54, 1.807) is 16.9 Å². The zero-order chi connectivity index (χ0) is 12.4. The Kier molecular flexibility index (Phi) is 3.17. The predicted molar refractivity (Wildman–Crippen MR) is 60.8 cm³/mol. The normalized spacial score (nSPS) is 11.4. The summed E-state index contributed by atoms with van der Waals surface area (Å²) >= 11 is 0. The fourth-order valence-corrected chi connectivity index (χ4v) is 1.50. The van der Waals surface area contributed by atoms with Crippen molar-refractivity contribution in [3.05, 3.63) is 36.3 Å². The summed E-state index contributed by atoms with van der Waals surface area (Å²) in [4.78, 5) is 3.81. The first-order valence-corrected chi connectivity index (χ1v) is 5.36. The number of halogens is 2. The van der Waals surface area contributed by atoms with E-state index < -0.39 is 6.43 Å². The number of nitrogens with zero attached hydrogens (tertiary/aromatic N) is 3. The second-order valence-corrected chi connectivity index (χ2v) is 4.08. The molecule has 0 atom stereocenters. The zero-order valence-corrected chi connectivity index (χ0v) is 9.64. The van der Waals surface area contributed by atoms with Crippen molar-refractivity contribution >= 4 is 0 Å². The molecular formula is C12H13F2N3. The van der Waals surface area contributed by atoms with Crippen LogP contribution in [0.5, 0.6) is 0 Å². The predicted octanol–water partition coefficient (Wildman–Crippen LogP) is 3.46. The maximum atomic E-state index is 12.5. The van der Waals surface area contributed by atoms with Crippen molar-refractivity contribution in [1.82, 2.24) is 14.8 Å². The maximum absolute atomic E-state index is 12.5. The third-order valence-corrected chi connectivity index (χ3v) is 2.44. The summed E-state index contributed by atoms with van der Waals surface area (Å²) in [5.41, 5.74) is 1.19. The molecule has 0 bridgehead atoms. The Morgan fingerprint density at radius 1 is 1.24 bits per heavy atom. The van der Waals surface area contributed by atoms with Gasteiger partial charge in [-0.25, -0.2) is 8.78 Å². The van der Waals surface area contributed by atoms with Crippen molar-refractivity contribution in [2.24, 2.45) is 0 Å². The molecule has 0 aliphatic carbocycles. The van der Waals surface area contributed by atoms with Gasteiger partial charge in [-0.2, -0.15) is 5.10 Å². The highest BCUT2D eigenvalue weighted by Gasteiger charge is 2.10. The van der Waals surface area contributed by atoms with Crippen LogP contribution in [0.2, 0.25) is 0 Å². The highest BCUT2D eigenvalue weighted by molar-refractivity contribution is 5.58. The van der Waals surface area contributed by atoms with Gasteiger partial charge in [-0.3, -0.25) is 9.67 Å². The van der Waals surface area contributed by atoms with Gasteiger partial charge < -0.3 is 0 Å². The first-order chi connectivity index (χ1) is 8.08. The quantitative estimate of drug-likeness (QED) is 0.818. The second kappa shape index (κ2) is 4.61. The van der Waals surface area contributed by atoms with Gasteiger partial charge in [0.25, 0.3) is 6.43 Å². The minimum atomic E-state index is -2.50. The van der Waals surface area contributed by atoms with Crippen LogP contribution >= 0.6 is 0 Å². The van der Waals surface area contributed by atoms with Gasteiger partial charge in [0.1, 0.15) is 0 Å². The molecule has 0 N–H and O–H groups in total. The van der Waals surface area contributed by atoms with Gasteiger partial charge in [0.05, 0.1) is 5.69 Å². The molecule has 2 heterocycles. The van der Waals surface area contributed by atoms with Crippen molar-refractivity contribution in [2.45, 2.75) is 26.3 Å². The van der Waals surface area contributed by atoms with Crippen molar-refractivity contribution in [3.63, 3.8) is 0 Å². The summed E-state index contributed by atoms with van der Waals surface area (Å²) < 4.78 is 26.8. The van der Waals surface area contributed by atoms with Crippen molar-refractivity contribution < 1.29 is 8.78 Å². The summed E-state index contributed by atoms with van der Waals surface area (Å²) in [6.07, 6.45) is 2.04. The Balaban J connectivity index is 2.35. The standard InChI is InChI=1S/C12H13F2N3/c1-8(2)17-4-3-11(16-17)9-5-10(12(13)14)7-15-6-9/h3-8,12H,1-2H3. The first-order valence-electron chi connectivity index (χ1n) is 5.36. The summed E-state index contributed by atoms with van der Waals surface area (Å²) in [5, 5.41) is 4.31. The van der Waals surface area contributed by atoms with Crippen molar-refractivity contribution in [2.75, 3.05) is 0 Å². The maximum Gasteiger partial charge on any atom is 0.265 e. The van der Waals surface area contributed by atoms with E-state index in [0.29, 0.717) is 11.3 Å². The Labute approximate surface area is 98.1 Å². The average molecular weight is 237 g/mol. The molecule has 0 amide bonds. The van der Waals surface area contributed by atoms with Crippen LogP contribution in [-0.2, 0) is 0 Å². The van der Waals surface area contributed by atoms with Crippen LogP contribution in [-0.4, -0.2) is 14.8 Å². The molecule has 0 aliphatic rings. The van der Waals surface area contributed by atoms with Gasteiger partial charge in [0.15, 0.2) is 0 Å². The van der Waals surface area contributed by atoms with Crippen molar-refractivity contribution in [3.8, 4) is 11.3 Å². The molecule has 0 saturated carbocycles. The van der Waals surface area contributed by atoms with Gasteiger partial charge in [0.2, 0.25) is 0 Å². The van der Waals surface area contributed by atoms with Crippen LogP contribution < -0.4 is 0 Å². The number of pyridine rings is 1. The number of hydrogen-bond acceptors (Lipinski definition) is 2. The highest BCUT2D eigenvalue weighted by Crippen LogP contribution is 2.23. The van der Waals surface area contributed by atoms with Crippen LogP contribution in [0.4, 0.5) is 8.78 Å². The smallest absolute Gasteiger partial charge is 0.265 e. The lowest BCUT2D eigenvalue weighted by Gasteiger charge is -2.04. The van der Waals surface area contributed by atoms with E-state index in [2.05, 4.69) is 10.1 Å². The fourth-order valence-electron chi connectivity index (χ4n) is 1.50. The van der Waals surface area contributed by atoms with Gasteiger partial charge in [-0.1, -0.05) is 0 Å². The summed E-state index contributed by atoms with van der Waals surface area (Å²) in [7, 11) is 0. The fraction of sp³-hybridized carbons (Fsp3) is 0.333. The van der Waals surface area contributed by atoms with E-state index in [4.69, 9.17) is 0 Å². The van der Waals surface area contributed by atoms with Gasteiger partial charge in [0, 0.05) is 35.8 Å². The van der Waals surface area contributed by atoms with Crippen LogP contribution in [0.15, 0.2) is 30.7 Å². The molecule has 3 nitrogen and oxygen atoms in total. The van der Waals surface area contributed by atoms with E-state index in [0.717, 1.165) is 0 Å². The Morgan fingerprint density at radius 2 is 2.00 bits per heavy atom. The molecule has 2 rings (SSSR count). The summed E-state index contributed by atoms with van der Waals surface area (Å²) in [6, 6.07) is 3.46. The number of aromatic nitrogens is 3. The lowest BCUT2D eigenvalue weighted by Crippen LogP contribution is -2.00. The van der Waals surface area contributed by atoms with Crippen LogP contribution in [0.25, 0.3) is 11.3 Å². The average Bonchev–Trinajstić information content (AvgIpc) is 2.78. The molecule has 0 fully saturated rings. The molecule has 2 aromatic rings. The molecule has 0 saturated heterocycles. The van der Waals surface area contributed by atoms with E-state index in [-0.39, 0.29) is 11.6 Å². The summed E-state index contributed by atoms with van der Waals surface area (Å²) in [5.74, 6) is 0. The Bertz CT molecular complexity index is 506. The molecule has 0 unspecified atom stereocenters. The molecule has 0 radical (unpaired) electrons. The minimum Gasteiger partial charge on any atom is -0.270 e. The number of rotatable bonds is 3. The first kappa shape index (κ1) is 11.7. The largest absolute Gasteiger partial charge is 0.270 e. The molecule has 0 aromatic carbocycles. The molecule has 90 valence electrons. The molecule has 17 heavy (non-hydrogen) atoms. The molecule has 0 spiro atoms. The third-order valence-electron chi connectivity index (χ3n) is 2.44. The molecular weight excluding hydrogens is 224 g/mol. The van der Waals surface area contributed by atoms with E-state index in [9.17, 15) is 8.78 Å². The zero-order valence-electron chi connectivity index (χ0n) is 9.64. The monoisotopic (exact) mass is 237 g/mol. The van der Waals surface area contributed by atoms with Crippen molar-refractivity contribution in [1.29, 1.82) is 0 Å². The molecule has 2 aromatic heterocycles. The lowest BCUT2D eigenvalue weighted by molar-refractivity contribution is 0.151. The van der Waals surface area contributed by atoms with Crippen LogP contribution in [0, 0.1) is 0 Å². The molecule has 5 heteroatoms.